The van der Waals surface area contributed by atoms with E-state index in [1.807, 2.05) is 0 Å². The van der Waals surface area contributed by atoms with Crippen molar-refractivity contribution >= 4 is 18.2 Å². The van der Waals surface area contributed by atoms with Crippen molar-refractivity contribution < 1.29 is 24.2 Å². The molecule has 0 heterocycles. The zero-order valence-corrected chi connectivity index (χ0v) is 9.59. The lowest BCUT2D eigenvalue weighted by Crippen LogP contribution is -2.30. The second-order valence-electron chi connectivity index (χ2n) is 3.47. The second kappa shape index (κ2) is 7.05. The summed E-state index contributed by atoms with van der Waals surface area (Å²) >= 11 is 0. The van der Waals surface area contributed by atoms with Crippen LogP contribution in [-0.4, -0.2) is 36.4 Å². The van der Waals surface area contributed by atoms with E-state index >= 15 is 0 Å². The molecule has 0 aromatic heterocycles. The highest BCUT2D eigenvalue weighted by Crippen LogP contribution is 2.10. The van der Waals surface area contributed by atoms with E-state index in [0.717, 1.165) is 0 Å². The number of rotatable bonds is 7. The Morgan fingerprint density at radius 3 is 2.50 bits per heavy atom. The topological polar surface area (TPSA) is 92.7 Å². The number of hydrogen-bond donors (Lipinski definition) is 2. The largest absolute Gasteiger partial charge is 0.484 e. The highest BCUT2D eigenvalue weighted by molar-refractivity contribution is 5.78. The molecule has 0 bridgehead atoms. The summed E-state index contributed by atoms with van der Waals surface area (Å²) in [5.41, 5.74) is 0.522. The predicted octanol–water partition coefficient (Wildman–Crippen LogP) is 0.469. The van der Waals surface area contributed by atoms with Gasteiger partial charge in [0.05, 0.1) is 6.42 Å². The van der Waals surface area contributed by atoms with E-state index in [0.29, 0.717) is 17.6 Å². The zero-order chi connectivity index (χ0) is 13.4. The van der Waals surface area contributed by atoms with E-state index in [4.69, 9.17) is 9.84 Å². The third-order valence-corrected chi connectivity index (χ3v) is 2.05. The van der Waals surface area contributed by atoms with Crippen LogP contribution in [0.2, 0.25) is 0 Å². The molecule has 0 saturated carbocycles. The molecule has 0 aliphatic rings. The van der Waals surface area contributed by atoms with Crippen molar-refractivity contribution in [2.45, 2.75) is 6.42 Å². The first-order valence-electron chi connectivity index (χ1n) is 5.28. The number of carboxylic acid groups (broad SMARTS) is 1. The van der Waals surface area contributed by atoms with Crippen LogP contribution in [0.1, 0.15) is 16.8 Å². The summed E-state index contributed by atoms with van der Waals surface area (Å²) in [7, 11) is 0. The minimum atomic E-state index is -0.972. The Hall–Kier alpha value is -2.37. The summed E-state index contributed by atoms with van der Waals surface area (Å²) in [6.45, 7) is -0.123. The molecule has 0 saturated heterocycles. The number of carbonyl (C=O) groups is 3. The molecule has 18 heavy (non-hydrogen) atoms. The molecule has 96 valence electrons. The van der Waals surface area contributed by atoms with Gasteiger partial charge in [0.2, 0.25) is 0 Å². The van der Waals surface area contributed by atoms with Gasteiger partial charge in [-0.3, -0.25) is 14.4 Å². The molecule has 0 aliphatic carbocycles. The minimum Gasteiger partial charge on any atom is -0.484 e. The van der Waals surface area contributed by atoms with Crippen LogP contribution < -0.4 is 10.1 Å². The molecular weight excluding hydrogens is 238 g/mol. The van der Waals surface area contributed by atoms with Gasteiger partial charge in [0.1, 0.15) is 12.0 Å². The molecule has 0 atom stereocenters. The van der Waals surface area contributed by atoms with Crippen LogP contribution in [0.4, 0.5) is 0 Å². The Labute approximate surface area is 104 Å². The maximum atomic E-state index is 11.2. The number of nitrogens with one attached hydrogen (secondary N) is 1. The molecule has 0 aliphatic heterocycles. The minimum absolute atomic E-state index is 0.0710. The standard InChI is InChI=1S/C12H13NO5/c14-7-9-1-3-10(4-2-9)18-8-11(15)13-6-5-12(16)17/h1-4,7H,5-6,8H2,(H,13,15)(H,16,17). The summed E-state index contributed by atoms with van der Waals surface area (Å²) in [5, 5.41) is 10.8. The number of ether oxygens (including phenoxy) is 1. The van der Waals surface area contributed by atoms with Gasteiger partial charge >= 0.3 is 5.97 Å². The van der Waals surface area contributed by atoms with Crippen molar-refractivity contribution in [3.8, 4) is 5.75 Å². The molecule has 1 aromatic carbocycles. The lowest BCUT2D eigenvalue weighted by atomic mass is 10.2. The molecule has 1 aromatic rings. The maximum absolute atomic E-state index is 11.2. The number of carboxylic acids is 1. The van der Waals surface area contributed by atoms with Crippen molar-refractivity contribution in [3.63, 3.8) is 0 Å². The highest BCUT2D eigenvalue weighted by Gasteiger charge is 2.03. The van der Waals surface area contributed by atoms with Crippen molar-refractivity contribution in [2.75, 3.05) is 13.2 Å². The molecule has 6 nitrogen and oxygen atoms in total. The van der Waals surface area contributed by atoms with E-state index in [1.165, 1.54) is 0 Å². The van der Waals surface area contributed by atoms with Crippen LogP contribution in [0.5, 0.6) is 5.75 Å². The Bertz CT molecular complexity index is 427. The van der Waals surface area contributed by atoms with Crippen LogP contribution in [-0.2, 0) is 9.59 Å². The summed E-state index contributed by atoms with van der Waals surface area (Å²) in [4.78, 5) is 31.8. The molecule has 0 radical (unpaired) electrons. The van der Waals surface area contributed by atoms with Gasteiger partial charge in [0, 0.05) is 12.1 Å². The van der Waals surface area contributed by atoms with Crippen molar-refractivity contribution in [1.82, 2.24) is 5.32 Å². The number of aliphatic carboxylic acids is 1. The molecule has 2 N–H and O–H groups in total. The normalized spacial score (nSPS) is 9.56. The number of amides is 1. The number of aldehydes is 1. The monoisotopic (exact) mass is 251 g/mol. The smallest absolute Gasteiger partial charge is 0.305 e. The van der Waals surface area contributed by atoms with Gasteiger partial charge in [-0.1, -0.05) is 0 Å². The summed E-state index contributed by atoms with van der Waals surface area (Å²) in [5.74, 6) is -0.898. The molecule has 1 amide bonds. The Balaban J connectivity index is 2.28. The zero-order valence-electron chi connectivity index (χ0n) is 9.59. The lowest BCUT2D eigenvalue weighted by molar-refractivity contribution is -0.137. The van der Waals surface area contributed by atoms with Crippen LogP contribution >= 0.6 is 0 Å². The van der Waals surface area contributed by atoms with Crippen LogP contribution in [0.3, 0.4) is 0 Å². The van der Waals surface area contributed by atoms with Gasteiger partial charge in [-0.25, -0.2) is 0 Å². The maximum Gasteiger partial charge on any atom is 0.305 e. The Morgan fingerprint density at radius 2 is 1.94 bits per heavy atom. The fourth-order valence-electron chi connectivity index (χ4n) is 1.15. The highest BCUT2D eigenvalue weighted by atomic mass is 16.5. The van der Waals surface area contributed by atoms with Gasteiger partial charge in [0.15, 0.2) is 6.61 Å². The first-order valence-corrected chi connectivity index (χ1v) is 5.28. The van der Waals surface area contributed by atoms with Crippen LogP contribution in [0, 0.1) is 0 Å². The van der Waals surface area contributed by atoms with Gasteiger partial charge in [-0.05, 0) is 24.3 Å². The average molecular weight is 251 g/mol. The van der Waals surface area contributed by atoms with Crippen LogP contribution in [0.25, 0.3) is 0 Å². The lowest BCUT2D eigenvalue weighted by Gasteiger charge is -2.06. The van der Waals surface area contributed by atoms with E-state index in [9.17, 15) is 14.4 Å². The number of benzene rings is 1. The van der Waals surface area contributed by atoms with Crippen molar-refractivity contribution in [1.29, 1.82) is 0 Å². The third kappa shape index (κ3) is 5.11. The molecular formula is C12H13NO5. The van der Waals surface area contributed by atoms with Gasteiger partial charge in [0.25, 0.3) is 5.91 Å². The summed E-state index contributed by atoms with van der Waals surface area (Å²) in [6, 6.07) is 6.30. The van der Waals surface area contributed by atoms with Gasteiger partial charge in [-0.15, -0.1) is 0 Å². The van der Waals surface area contributed by atoms with E-state index in [1.54, 1.807) is 24.3 Å². The molecule has 0 unspecified atom stereocenters. The fourth-order valence-corrected chi connectivity index (χ4v) is 1.15. The number of carbonyl (C=O) groups excluding carboxylic acids is 2. The van der Waals surface area contributed by atoms with Crippen molar-refractivity contribution in [3.05, 3.63) is 29.8 Å². The Kier molecular flexibility index (Phi) is 5.37. The SMILES string of the molecule is O=Cc1ccc(OCC(=O)NCCC(=O)O)cc1. The van der Waals surface area contributed by atoms with Gasteiger partial charge < -0.3 is 15.2 Å². The average Bonchev–Trinajstić information content (AvgIpc) is 2.36. The van der Waals surface area contributed by atoms with E-state index < -0.39 is 11.9 Å². The summed E-state index contributed by atoms with van der Waals surface area (Å²) < 4.78 is 5.15. The van der Waals surface area contributed by atoms with Gasteiger partial charge in [-0.2, -0.15) is 0 Å². The van der Waals surface area contributed by atoms with Crippen molar-refractivity contribution in [2.24, 2.45) is 0 Å². The first-order chi connectivity index (χ1) is 8.61. The molecule has 1 rings (SSSR count). The molecule has 0 spiro atoms. The quantitative estimate of drug-likeness (QED) is 0.687. The summed E-state index contributed by atoms with van der Waals surface area (Å²) in [6.07, 6.45) is 0.585. The van der Waals surface area contributed by atoms with E-state index in [-0.39, 0.29) is 19.6 Å². The fraction of sp³-hybridized carbons (Fsp3) is 0.250. The molecule has 0 fully saturated rings. The van der Waals surface area contributed by atoms with E-state index in [2.05, 4.69) is 5.32 Å². The predicted molar refractivity (Wildman–Crippen MR) is 62.6 cm³/mol. The van der Waals surface area contributed by atoms with Crippen LogP contribution in [0.15, 0.2) is 24.3 Å². The Morgan fingerprint density at radius 1 is 1.28 bits per heavy atom. The number of hydrogen-bond acceptors (Lipinski definition) is 4. The molecule has 6 heteroatoms. The first kappa shape index (κ1) is 13.7. The third-order valence-electron chi connectivity index (χ3n) is 2.05. The second-order valence-corrected chi connectivity index (χ2v) is 3.47.